The van der Waals surface area contributed by atoms with E-state index in [1.165, 1.54) is 11.6 Å². The van der Waals surface area contributed by atoms with Crippen LogP contribution in [-0.4, -0.2) is 60.8 Å². The monoisotopic (exact) mass is 495 g/mol. The topological polar surface area (TPSA) is 133 Å². The summed E-state index contributed by atoms with van der Waals surface area (Å²) >= 11 is 0. The molecule has 0 saturated carbocycles. The van der Waals surface area contributed by atoms with E-state index in [1.807, 2.05) is 25.1 Å². The van der Waals surface area contributed by atoms with Crippen LogP contribution in [0.25, 0.3) is 22.6 Å². The predicted octanol–water partition coefficient (Wildman–Crippen LogP) is 1.06. The molecule has 0 amide bonds. The molecule has 0 atom stereocenters. The number of benzene rings is 1. The molecule has 0 aliphatic carbocycles. The maximum Gasteiger partial charge on any atom is 0.332 e. The van der Waals surface area contributed by atoms with Crippen LogP contribution in [0.4, 0.5) is 5.95 Å². The van der Waals surface area contributed by atoms with Crippen LogP contribution in [0.15, 0.2) is 32.2 Å². The van der Waals surface area contributed by atoms with Gasteiger partial charge in [-0.25, -0.2) is 4.79 Å². The maximum atomic E-state index is 13.2. The molecular weight excluding hydrogens is 466 g/mol. The van der Waals surface area contributed by atoms with E-state index in [-0.39, 0.29) is 24.6 Å². The molecule has 0 bridgehead atoms. The van der Waals surface area contributed by atoms with Crippen molar-refractivity contribution in [2.45, 2.75) is 26.3 Å². The van der Waals surface area contributed by atoms with E-state index in [1.54, 1.807) is 18.7 Å². The Labute approximate surface area is 206 Å². The van der Waals surface area contributed by atoms with Crippen LogP contribution in [0.5, 0.6) is 5.75 Å². The fourth-order valence-corrected chi connectivity index (χ4v) is 4.66. The van der Waals surface area contributed by atoms with Gasteiger partial charge in [0.1, 0.15) is 12.3 Å². The van der Waals surface area contributed by atoms with E-state index in [9.17, 15) is 14.7 Å². The van der Waals surface area contributed by atoms with Crippen LogP contribution in [0.3, 0.4) is 0 Å². The fraction of sp³-hybridized carbons (Fsp3) is 0.458. The summed E-state index contributed by atoms with van der Waals surface area (Å²) in [5.74, 6) is 2.13. The minimum atomic E-state index is -0.448. The van der Waals surface area contributed by atoms with Gasteiger partial charge in [0.05, 0.1) is 7.11 Å². The number of aliphatic hydroxyl groups is 1. The molecule has 4 aromatic rings. The molecule has 0 radical (unpaired) electrons. The SMILES string of the molecule is COc1cc(-c2nnc(Cn3c(N4CCC(CO)CC4)nc4c3c(=O)n(C)c(=O)n4C)o2)ccc1C. The number of nitrogens with zero attached hydrogens (tertiary/aromatic N) is 7. The summed E-state index contributed by atoms with van der Waals surface area (Å²) in [4.78, 5) is 32.5. The van der Waals surface area contributed by atoms with Gasteiger partial charge in [0, 0.05) is 39.4 Å². The lowest BCUT2D eigenvalue weighted by atomic mass is 9.98. The first-order valence-electron chi connectivity index (χ1n) is 11.8. The maximum absolute atomic E-state index is 13.2. The molecule has 1 N–H and O–H groups in total. The third kappa shape index (κ3) is 3.96. The summed E-state index contributed by atoms with van der Waals surface area (Å²) in [6, 6.07) is 5.63. The summed E-state index contributed by atoms with van der Waals surface area (Å²) in [6.45, 7) is 3.54. The second-order valence-corrected chi connectivity index (χ2v) is 9.17. The highest BCUT2D eigenvalue weighted by molar-refractivity contribution is 5.74. The van der Waals surface area contributed by atoms with E-state index >= 15 is 0 Å². The molecule has 190 valence electrons. The van der Waals surface area contributed by atoms with Gasteiger partial charge in [-0.15, -0.1) is 10.2 Å². The third-order valence-corrected chi connectivity index (χ3v) is 6.90. The second-order valence-electron chi connectivity index (χ2n) is 9.17. The molecule has 4 heterocycles. The lowest BCUT2D eigenvalue weighted by Crippen LogP contribution is -2.38. The molecule has 36 heavy (non-hydrogen) atoms. The van der Waals surface area contributed by atoms with Crippen molar-refractivity contribution in [3.05, 3.63) is 50.5 Å². The Morgan fingerprint density at radius 3 is 2.58 bits per heavy atom. The number of rotatable bonds is 6. The second kappa shape index (κ2) is 9.26. The summed E-state index contributed by atoms with van der Waals surface area (Å²) in [6.07, 6.45) is 1.60. The number of aromatic nitrogens is 6. The van der Waals surface area contributed by atoms with E-state index in [0.29, 0.717) is 42.2 Å². The quantitative estimate of drug-likeness (QED) is 0.417. The fourth-order valence-electron chi connectivity index (χ4n) is 4.66. The minimum Gasteiger partial charge on any atom is -0.496 e. The van der Waals surface area contributed by atoms with Gasteiger partial charge in [0.15, 0.2) is 11.2 Å². The Hall–Kier alpha value is -3.93. The summed E-state index contributed by atoms with van der Waals surface area (Å²) in [5, 5.41) is 18.0. The first kappa shape index (κ1) is 23.8. The molecule has 1 saturated heterocycles. The summed E-state index contributed by atoms with van der Waals surface area (Å²) < 4.78 is 15.6. The van der Waals surface area contributed by atoms with Crippen LogP contribution in [0, 0.1) is 12.8 Å². The van der Waals surface area contributed by atoms with Gasteiger partial charge in [-0.2, -0.15) is 4.98 Å². The van der Waals surface area contributed by atoms with Crippen LogP contribution in [0.2, 0.25) is 0 Å². The standard InChI is InChI=1S/C24H29N7O5/c1-14-5-6-16(11-17(14)35-4)21-27-26-18(36-21)12-31-19-20(28(2)24(34)29(3)22(19)33)25-23(31)30-9-7-15(13-32)8-10-30/h5-6,11,15,32H,7-10,12-13H2,1-4H3. The molecule has 1 fully saturated rings. The molecule has 0 unspecified atom stereocenters. The number of hydrogen-bond acceptors (Lipinski definition) is 9. The molecular formula is C24H29N7O5. The molecule has 12 heteroatoms. The highest BCUT2D eigenvalue weighted by Crippen LogP contribution is 2.28. The van der Waals surface area contributed by atoms with E-state index in [2.05, 4.69) is 15.1 Å². The van der Waals surface area contributed by atoms with Crippen molar-refractivity contribution in [3.8, 4) is 17.2 Å². The normalized spacial score (nSPS) is 14.6. The van der Waals surface area contributed by atoms with Crippen molar-refractivity contribution in [1.82, 2.24) is 28.9 Å². The van der Waals surface area contributed by atoms with Crippen LogP contribution in [0.1, 0.15) is 24.3 Å². The van der Waals surface area contributed by atoms with Gasteiger partial charge in [-0.3, -0.25) is 18.5 Å². The Morgan fingerprint density at radius 1 is 1.14 bits per heavy atom. The van der Waals surface area contributed by atoms with Crippen molar-refractivity contribution in [2.24, 2.45) is 20.0 Å². The smallest absolute Gasteiger partial charge is 0.332 e. The Morgan fingerprint density at radius 2 is 1.89 bits per heavy atom. The first-order valence-corrected chi connectivity index (χ1v) is 11.8. The van der Waals surface area contributed by atoms with Gasteiger partial charge in [0.2, 0.25) is 17.7 Å². The Bertz CT molecular complexity index is 1540. The zero-order chi connectivity index (χ0) is 25.6. The van der Waals surface area contributed by atoms with Crippen molar-refractivity contribution >= 4 is 17.1 Å². The highest BCUT2D eigenvalue weighted by atomic mass is 16.5. The van der Waals surface area contributed by atoms with Crippen molar-refractivity contribution in [3.63, 3.8) is 0 Å². The number of imidazole rings is 1. The molecule has 3 aromatic heterocycles. The number of aliphatic hydroxyl groups excluding tert-OH is 1. The van der Waals surface area contributed by atoms with Crippen LogP contribution >= 0.6 is 0 Å². The van der Waals surface area contributed by atoms with Gasteiger partial charge in [-0.1, -0.05) is 6.07 Å². The molecule has 5 rings (SSSR count). The molecule has 1 aliphatic heterocycles. The number of aryl methyl sites for hydroxylation is 2. The number of methoxy groups -OCH3 is 1. The third-order valence-electron chi connectivity index (χ3n) is 6.90. The summed E-state index contributed by atoms with van der Waals surface area (Å²) in [5.41, 5.74) is 1.40. The predicted molar refractivity (Wildman–Crippen MR) is 132 cm³/mol. The lowest BCUT2D eigenvalue weighted by Gasteiger charge is -2.32. The molecule has 1 aromatic carbocycles. The van der Waals surface area contributed by atoms with Gasteiger partial charge in [-0.05, 0) is 43.4 Å². The molecule has 1 aliphatic rings. The molecule has 0 spiro atoms. The van der Waals surface area contributed by atoms with Crippen molar-refractivity contribution < 1.29 is 14.3 Å². The first-order chi connectivity index (χ1) is 17.3. The van der Waals surface area contributed by atoms with Gasteiger partial charge in [0.25, 0.3) is 5.56 Å². The number of piperidine rings is 1. The van der Waals surface area contributed by atoms with E-state index in [0.717, 1.165) is 28.5 Å². The van der Waals surface area contributed by atoms with Crippen molar-refractivity contribution in [1.29, 1.82) is 0 Å². The number of ether oxygens (including phenoxy) is 1. The van der Waals surface area contributed by atoms with Crippen LogP contribution in [-0.2, 0) is 20.6 Å². The number of fused-ring (bicyclic) bond motifs is 1. The Balaban J connectivity index is 1.58. The minimum absolute atomic E-state index is 0.106. The molecule has 12 nitrogen and oxygen atoms in total. The number of anilines is 1. The number of hydrogen-bond donors (Lipinski definition) is 1. The Kier molecular flexibility index (Phi) is 6.12. The van der Waals surface area contributed by atoms with Crippen molar-refractivity contribution in [2.75, 3.05) is 31.7 Å². The lowest BCUT2D eigenvalue weighted by molar-refractivity contribution is 0.202. The zero-order valence-corrected chi connectivity index (χ0v) is 20.8. The average Bonchev–Trinajstić information content (AvgIpc) is 3.52. The van der Waals surface area contributed by atoms with Crippen LogP contribution < -0.4 is 20.9 Å². The van der Waals surface area contributed by atoms with E-state index in [4.69, 9.17) is 14.1 Å². The van der Waals surface area contributed by atoms with E-state index < -0.39 is 11.2 Å². The zero-order valence-electron chi connectivity index (χ0n) is 20.8. The highest BCUT2D eigenvalue weighted by Gasteiger charge is 2.27. The van der Waals surface area contributed by atoms with Gasteiger partial charge >= 0.3 is 5.69 Å². The summed E-state index contributed by atoms with van der Waals surface area (Å²) in [7, 11) is 4.65. The average molecular weight is 496 g/mol. The largest absolute Gasteiger partial charge is 0.496 e. The van der Waals surface area contributed by atoms with Gasteiger partial charge < -0.3 is 19.2 Å².